The van der Waals surface area contributed by atoms with Crippen molar-refractivity contribution in [1.29, 1.82) is 0 Å². The third kappa shape index (κ3) is 4.49. The van der Waals surface area contributed by atoms with Crippen LogP contribution in [0.4, 0.5) is 0 Å². The lowest BCUT2D eigenvalue weighted by molar-refractivity contribution is -0.134. The van der Waals surface area contributed by atoms with Crippen molar-refractivity contribution in [1.82, 2.24) is 14.8 Å². The molecule has 1 aliphatic heterocycles. The molecule has 2 amide bonds. The van der Waals surface area contributed by atoms with Gasteiger partial charge in [0.2, 0.25) is 5.91 Å². The van der Waals surface area contributed by atoms with Gasteiger partial charge in [-0.2, -0.15) is 0 Å². The van der Waals surface area contributed by atoms with Crippen LogP contribution in [0.3, 0.4) is 0 Å². The Labute approximate surface area is 213 Å². The summed E-state index contributed by atoms with van der Waals surface area (Å²) in [6, 6.07) is 16.0. The average molecular weight is 488 g/mol. The fourth-order valence-corrected chi connectivity index (χ4v) is 5.80. The van der Waals surface area contributed by atoms with Gasteiger partial charge >= 0.3 is 0 Å². The van der Waals surface area contributed by atoms with Gasteiger partial charge in [-0.15, -0.1) is 0 Å². The molecular formula is C30H37N3O3. The fraction of sp³-hybridized carbons (Fsp3) is 0.467. The summed E-state index contributed by atoms with van der Waals surface area (Å²) < 4.78 is 7.46. The molecule has 2 heterocycles. The summed E-state index contributed by atoms with van der Waals surface area (Å²) in [7, 11) is 1.64. The zero-order chi connectivity index (χ0) is 25.3. The molecule has 1 fully saturated rings. The highest BCUT2D eigenvalue weighted by atomic mass is 16.5. The Kier molecular flexibility index (Phi) is 6.78. The largest absolute Gasteiger partial charge is 0.497 e. The number of hydrogen-bond donors (Lipinski definition) is 1. The first-order chi connectivity index (χ1) is 17.4. The van der Waals surface area contributed by atoms with Crippen molar-refractivity contribution in [3.63, 3.8) is 0 Å². The number of aryl methyl sites for hydroxylation is 1. The Morgan fingerprint density at radius 1 is 1.06 bits per heavy atom. The monoisotopic (exact) mass is 487 g/mol. The molecule has 2 aromatic carbocycles. The van der Waals surface area contributed by atoms with Crippen molar-refractivity contribution in [2.24, 2.45) is 0 Å². The number of nitrogens with zero attached hydrogens (tertiary/aromatic N) is 2. The topological polar surface area (TPSA) is 63.6 Å². The van der Waals surface area contributed by atoms with Gasteiger partial charge in [0.25, 0.3) is 5.91 Å². The third-order valence-electron chi connectivity index (χ3n) is 8.16. The molecule has 2 aliphatic rings. The molecule has 190 valence electrons. The van der Waals surface area contributed by atoms with Crippen molar-refractivity contribution in [2.75, 3.05) is 7.11 Å². The maximum atomic E-state index is 14.1. The lowest BCUT2D eigenvalue weighted by Crippen LogP contribution is -2.64. The van der Waals surface area contributed by atoms with E-state index in [2.05, 4.69) is 18.3 Å². The van der Waals surface area contributed by atoms with Crippen molar-refractivity contribution >= 4 is 22.7 Å². The molecule has 0 unspecified atom stereocenters. The van der Waals surface area contributed by atoms with Crippen LogP contribution < -0.4 is 10.1 Å². The van der Waals surface area contributed by atoms with E-state index in [1.54, 1.807) is 12.0 Å². The number of methoxy groups -OCH3 is 1. The molecule has 1 N–H and O–H groups in total. The number of benzene rings is 2. The van der Waals surface area contributed by atoms with Gasteiger partial charge in [-0.05, 0) is 56.0 Å². The number of aromatic nitrogens is 1. The summed E-state index contributed by atoms with van der Waals surface area (Å²) in [4.78, 5) is 29.9. The predicted octanol–water partition coefficient (Wildman–Crippen LogP) is 5.60. The highest BCUT2D eigenvalue weighted by Crippen LogP contribution is 2.35. The molecule has 36 heavy (non-hydrogen) atoms. The van der Waals surface area contributed by atoms with Crippen LogP contribution in [0.15, 0.2) is 48.5 Å². The van der Waals surface area contributed by atoms with E-state index in [-0.39, 0.29) is 17.9 Å². The van der Waals surface area contributed by atoms with E-state index in [4.69, 9.17) is 4.74 Å². The molecule has 1 aromatic heterocycles. The van der Waals surface area contributed by atoms with Crippen LogP contribution in [-0.2, 0) is 17.9 Å². The summed E-state index contributed by atoms with van der Waals surface area (Å²) >= 11 is 0. The number of rotatable bonds is 5. The average Bonchev–Trinajstić information content (AvgIpc) is 3.21. The lowest BCUT2D eigenvalue weighted by Gasteiger charge is -2.45. The van der Waals surface area contributed by atoms with Gasteiger partial charge in [0.15, 0.2) is 0 Å². The number of fused-ring (bicyclic) bond motifs is 3. The number of amides is 2. The molecule has 1 saturated carbocycles. The molecule has 6 heteroatoms. The second-order valence-electron chi connectivity index (χ2n) is 10.6. The van der Waals surface area contributed by atoms with Gasteiger partial charge in [-0.1, -0.05) is 56.4 Å². The second kappa shape index (κ2) is 10.00. The van der Waals surface area contributed by atoms with E-state index < -0.39 is 5.54 Å². The van der Waals surface area contributed by atoms with E-state index in [1.165, 1.54) is 19.3 Å². The quantitative estimate of drug-likeness (QED) is 0.509. The Morgan fingerprint density at radius 2 is 1.78 bits per heavy atom. The number of hydrogen-bond acceptors (Lipinski definition) is 3. The first kappa shape index (κ1) is 24.4. The van der Waals surface area contributed by atoms with Crippen molar-refractivity contribution in [3.8, 4) is 5.75 Å². The van der Waals surface area contributed by atoms with Crippen molar-refractivity contribution < 1.29 is 14.3 Å². The minimum absolute atomic E-state index is 0.0644. The summed E-state index contributed by atoms with van der Waals surface area (Å²) in [5.74, 6) is 0.555. The Hall–Kier alpha value is -3.28. The Bertz CT molecular complexity index is 1270. The zero-order valence-electron chi connectivity index (χ0n) is 21.7. The Balaban J connectivity index is 1.55. The van der Waals surface area contributed by atoms with Gasteiger partial charge in [0.1, 0.15) is 17.0 Å². The SMILES string of the molecule is COc1ccc2cc3n(c2c1)C[C@@](C)(C(=O)NC1CCCCCCC1)N(Cc1ccccc1C)C3=O. The molecule has 1 atom stereocenters. The van der Waals surface area contributed by atoms with Gasteiger partial charge in [0.05, 0.1) is 19.2 Å². The molecule has 6 nitrogen and oxygen atoms in total. The van der Waals surface area contributed by atoms with E-state index in [9.17, 15) is 9.59 Å². The number of nitrogens with one attached hydrogen (secondary N) is 1. The maximum absolute atomic E-state index is 14.1. The molecule has 0 radical (unpaired) electrons. The van der Waals surface area contributed by atoms with Gasteiger partial charge in [0, 0.05) is 24.0 Å². The van der Waals surface area contributed by atoms with E-state index >= 15 is 0 Å². The maximum Gasteiger partial charge on any atom is 0.271 e. The standard InChI is InChI=1S/C30H37N3O3/c1-21-11-9-10-12-23(21)19-33-28(34)27-17-22-15-16-25(36-3)18-26(22)32(27)20-30(33,2)29(35)31-24-13-7-5-4-6-8-14-24/h9-12,15-18,24H,4-8,13-14,19-20H2,1-3H3,(H,31,35)/t30-/m0/s1. The van der Waals surface area contributed by atoms with Crippen LogP contribution in [0.25, 0.3) is 10.9 Å². The van der Waals surface area contributed by atoms with Crippen LogP contribution >= 0.6 is 0 Å². The number of carbonyl (C=O) groups is 2. The molecule has 1 aliphatic carbocycles. The van der Waals surface area contributed by atoms with Crippen LogP contribution in [-0.4, -0.2) is 40.0 Å². The van der Waals surface area contributed by atoms with Gasteiger partial charge < -0.3 is 19.5 Å². The molecule has 0 bridgehead atoms. The van der Waals surface area contributed by atoms with Gasteiger partial charge in [-0.25, -0.2) is 0 Å². The minimum Gasteiger partial charge on any atom is -0.497 e. The van der Waals surface area contributed by atoms with Crippen LogP contribution in [0.1, 0.15) is 73.5 Å². The van der Waals surface area contributed by atoms with Crippen LogP contribution in [0, 0.1) is 6.92 Å². The predicted molar refractivity (Wildman–Crippen MR) is 142 cm³/mol. The molecule has 0 spiro atoms. The third-order valence-corrected chi connectivity index (χ3v) is 8.16. The minimum atomic E-state index is -1.02. The highest BCUT2D eigenvalue weighted by molar-refractivity contribution is 6.03. The van der Waals surface area contributed by atoms with Gasteiger partial charge in [-0.3, -0.25) is 9.59 Å². The summed E-state index contributed by atoms with van der Waals surface area (Å²) in [5.41, 5.74) is 2.68. The zero-order valence-corrected chi connectivity index (χ0v) is 21.7. The molecule has 3 aromatic rings. The fourth-order valence-electron chi connectivity index (χ4n) is 5.80. The van der Waals surface area contributed by atoms with E-state index in [1.807, 2.05) is 54.0 Å². The summed E-state index contributed by atoms with van der Waals surface area (Å²) in [6.45, 7) is 4.77. The molecule has 5 rings (SSSR count). The Morgan fingerprint density at radius 3 is 2.50 bits per heavy atom. The summed E-state index contributed by atoms with van der Waals surface area (Å²) in [5, 5.41) is 4.34. The number of carbonyl (C=O) groups excluding carboxylic acids is 2. The first-order valence-corrected chi connectivity index (χ1v) is 13.3. The van der Waals surface area contributed by atoms with E-state index in [0.29, 0.717) is 18.8 Å². The van der Waals surface area contributed by atoms with E-state index in [0.717, 1.165) is 53.5 Å². The smallest absolute Gasteiger partial charge is 0.271 e. The first-order valence-electron chi connectivity index (χ1n) is 13.3. The highest BCUT2D eigenvalue weighted by Gasteiger charge is 2.48. The van der Waals surface area contributed by atoms with Crippen LogP contribution in [0.5, 0.6) is 5.75 Å². The van der Waals surface area contributed by atoms with Crippen molar-refractivity contribution in [2.45, 2.75) is 83.5 Å². The van der Waals surface area contributed by atoms with Crippen LogP contribution in [0.2, 0.25) is 0 Å². The normalized spacial score (nSPS) is 21.1. The second-order valence-corrected chi connectivity index (χ2v) is 10.6. The summed E-state index contributed by atoms with van der Waals surface area (Å²) in [6.07, 6.45) is 8.01. The molecular weight excluding hydrogens is 450 g/mol. The lowest BCUT2D eigenvalue weighted by atomic mass is 9.91. The number of ether oxygens (including phenoxy) is 1. The van der Waals surface area contributed by atoms with Crippen molar-refractivity contribution in [3.05, 3.63) is 65.4 Å². The molecule has 0 saturated heterocycles.